The van der Waals surface area contributed by atoms with Crippen LogP contribution >= 0.6 is 0 Å². The normalized spacial score (nSPS) is 11.2. The lowest BCUT2D eigenvalue weighted by Crippen LogP contribution is -1.93. The number of hydrogen-bond acceptors (Lipinski definition) is 3. The highest BCUT2D eigenvalue weighted by Gasteiger charge is 2.04. The zero-order valence-corrected chi connectivity index (χ0v) is 10.6. The third-order valence-corrected chi connectivity index (χ3v) is 2.83. The van der Waals surface area contributed by atoms with Crippen molar-refractivity contribution in [3.8, 4) is 11.5 Å². The molecule has 3 aromatic rings. The maximum absolute atomic E-state index is 4.55. The van der Waals surface area contributed by atoms with Crippen LogP contribution in [0.3, 0.4) is 0 Å². The Labute approximate surface area is 111 Å². The Hall–Kier alpha value is -2.55. The van der Waals surface area contributed by atoms with Gasteiger partial charge in [-0.1, -0.05) is 30.3 Å². The summed E-state index contributed by atoms with van der Waals surface area (Å²) in [5, 5.41) is 1.04. The third kappa shape index (κ3) is 2.36. The van der Waals surface area contributed by atoms with E-state index in [9.17, 15) is 0 Å². The van der Waals surface area contributed by atoms with Crippen LogP contribution in [0.2, 0.25) is 0 Å². The molecular formula is C16H13N3. The van der Waals surface area contributed by atoms with Crippen LogP contribution in [0.5, 0.6) is 0 Å². The van der Waals surface area contributed by atoms with Gasteiger partial charge in [0.15, 0.2) is 5.82 Å². The number of benzene rings is 1. The zero-order valence-electron chi connectivity index (χ0n) is 10.6. The summed E-state index contributed by atoms with van der Waals surface area (Å²) in [4.78, 5) is 13.5. The van der Waals surface area contributed by atoms with Crippen molar-refractivity contribution in [2.75, 3.05) is 0 Å². The lowest BCUT2D eigenvalue weighted by atomic mass is 10.2. The molecular weight excluding hydrogens is 234 g/mol. The summed E-state index contributed by atoms with van der Waals surface area (Å²) in [7, 11) is 0. The summed E-state index contributed by atoms with van der Waals surface area (Å²) in [6.45, 7) is 1.97. The molecule has 0 atom stereocenters. The molecule has 1 aromatic carbocycles. The Balaban J connectivity index is 2.10. The van der Waals surface area contributed by atoms with Crippen molar-refractivity contribution in [1.29, 1.82) is 0 Å². The summed E-state index contributed by atoms with van der Waals surface area (Å²) < 4.78 is 0. The fourth-order valence-corrected chi connectivity index (χ4v) is 1.94. The third-order valence-electron chi connectivity index (χ3n) is 2.83. The van der Waals surface area contributed by atoms with Crippen LogP contribution in [-0.4, -0.2) is 15.0 Å². The van der Waals surface area contributed by atoms with Crippen LogP contribution in [0.15, 0.2) is 54.7 Å². The van der Waals surface area contributed by atoms with Gasteiger partial charge in [0.05, 0.1) is 11.2 Å². The summed E-state index contributed by atoms with van der Waals surface area (Å²) >= 11 is 0. The maximum atomic E-state index is 4.55. The highest BCUT2D eigenvalue weighted by molar-refractivity contribution is 5.79. The van der Waals surface area contributed by atoms with Gasteiger partial charge in [-0.15, -0.1) is 0 Å². The molecule has 2 heterocycles. The summed E-state index contributed by atoms with van der Waals surface area (Å²) in [6.07, 6.45) is 5.76. The number of rotatable bonds is 2. The SMILES string of the molecule is C/C=C/c1cccc(-c2ncc3ccccc3n2)n1. The van der Waals surface area contributed by atoms with Crippen LogP contribution in [0.4, 0.5) is 0 Å². The average molecular weight is 247 g/mol. The molecule has 3 heteroatoms. The van der Waals surface area contributed by atoms with E-state index in [1.165, 1.54) is 0 Å². The second-order valence-corrected chi connectivity index (χ2v) is 4.20. The van der Waals surface area contributed by atoms with Crippen molar-refractivity contribution >= 4 is 17.0 Å². The summed E-state index contributed by atoms with van der Waals surface area (Å²) in [6, 6.07) is 13.8. The van der Waals surface area contributed by atoms with Crippen LogP contribution in [0.25, 0.3) is 28.5 Å². The van der Waals surface area contributed by atoms with Crippen molar-refractivity contribution in [2.24, 2.45) is 0 Å². The minimum absolute atomic E-state index is 0.657. The van der Waals surface area contributed by atoms with Gasteiger partial charge in [0, 0.05) is 11.6 Å². The summed E-state index contributed by atoms with van der Waals surface area (Å²) in [5.74, 6) is 0.657. The van der Waals surface area contributed by atoms with Crippen LogP contribution in [-0.2, 0) is 0 Å². The molecule has 0 aliphatic heterocycles. The molecule has 3 nitrogen and oxygen atoms in total. The number of aromatic nitrogens is 3. The van der Waals surface area contributed by atoms with E-state index in [0.717, 1.165) is 22.3 Å². The molecule has 0 saturated heterocycles. The standard InChI is InChI=1S/C16H13N3/c1-2-6-13-8-5-10-15(18-13)16-17-11-12-7-3-4-9-14(12)19-16/h2-11H,1H3/b6-2+. The first-order valence-corrected chi connectivity index (χ1v) is 6.19. The van der Waals surface area contributed by atoms with Gasteiger partial charge in [0.25, 0.3) is 0 Å². The van der Waals surface area contributed by atoms with Gasteiger partial charge in [-0.05, 0) is 31.2 Å². The molecule has 0 radical (unpaired) electrons. The monoisotopic (exact) mass is 247 g/mol. The lowest BCUT2D eigenvalue weighted by molar-refractivity contribution is 1.17. The number of nitrogens with zero attached hydrogens (tertiary/aromatic N) is 3. The lowest BCUT2D eigenvalue weighted by Gasteiger charge is -2.02. The van der Waals surface area contributed by atoms with Gasteiger partial charge >= 0.3 is 0 Å². The van der Waals surface area contributed by atoms with E-state index in [2.05, 4.69) is 15.0 Å². The van der Waals surface area contributed by atoms with E-state index in [0.29, 0.717) is 5.82 Å². The number of para-hydroxylation sites is 1. The van der Waals surface area contributed by atoms with Crippen molar-refractivity contribution in [1.82, 2.24) is 15.0 Å². The molecule has 0 saturated carbocycles. The smallest absolute Gasteiger partial charge is 0.178 e. The Bertz CT molecular complexity index is 748. The maximum Gasteiger partial charge on any atom is 0.178 e. The summed E-state index contributed by atoms with van der Waals surface area (Å²) in [5.41, 5.74) is 2.64. The van der Waals surface area contributed by atoms with Crippen LogP contribution < -0.4 is 0 Å². The second kappa shape index (κ2) is 4.98. The van der Waals surface area contributed by atoms with Crippen molar-refractivity contribution in [2.45, 2.75) is 6.92 Å². The van der Waals surface area contributed by atoms with Gasteiger partial charge < -0.3 is 0 Å². The molecule has 0 aliphatic rings. The number of allylic oxidation sites excluding steroid dienone is 1. The van der Waals surface area contributed by atoms with Gasteiger partial charge in [-0.25, -0.2) is 15.0 Å². The van der Waals surface area contributed by atoms with E-state index in [1.807, 2.05) is 67.7 Å². The van der Waals surface area contributed by atoms with E-state index in [4.69, 9.17) is 0 Å². The van der Waals surface area contributed by atoms with Gasteiger partial charge in [-0.2, -0.15) is 0 Å². The molecule has 19 heavy (non-hydrogen) atoms. The van der Waals surface area contributed by atoms with Crippen molar-refractivity contribution in [3.63, 3.8) is 0 Å². The van der Waals surface area contributed by atoms with E-state index >= 15 is 0 Å². The highest BCUT2D eigenvalue weighted by atomic mass is 14.9. The molecule has 3 rings (SSSR count). The molecule has 0 spiro atoms. The predicted octanol–water partition coefficient (Wildman–Crippen LogP) is 3.72. The molecule has 0 unspecified atom stereocenters. The first-order chi connectivity index (χ1) is 9.36. The molecule has 2 aromatic heterocycles. The Morgan fingerprint density at radius 1 is 0.947 bits per heavy atom. The van der Waals surface area contributed by atoms with Crippen molar-refractivity contribution in [3.05, 3.63) is 60.4 Å². The van der Waals surface area contributed by atoms with Gasteiger partial charge in [0.1, 0.15) is 5.69 Å². The van der Waals surface area contributed by atoms with Gasteiger partial charge in [-0.3, -0.25) is 0 Å². The molecule has 0 N–H and O–H groups in total. The largest absolute Gasteiger partial charge is 0.245 e. The minimum atomic E-state index is 0.657. The number of fused-ring (bicyclic) bond motifs is 1. The predicted molar refractivity (Wildman–Crippen MR) is 77.5 cm³/mol. The average Bonchev–Trinajstić information content (AvgIpc) is 2.47. The minimum Gasteiger partial charge on any atom is -0.245 e. The molecule has 0 aliphatic carbocycles. The fraction of sp³-hybridized carbons (Fsp3) is 0.0625. The van der Waals surface area contributed by atoms with E-state index in [-0.39, 0.29) is 0 Å². The van der Waals surface area contributed by atoms with E-state index < -0.39 is 0 Å². The van der Waals surface area contributed by atoms with Crippen LogP contribution in [0.1, 0.15) is 12.6 Å². The van der Waals surface area contributed by atoms with Gasteiger partial charge in [0.2, 0.25) is 0 Å². The van der Waals surface area contributed by atoms with Crippen molar-refractivity contribution < 1.29 is 0 Å². The number of pyridine rings is 1. The Morgan fingerprint density at radius 3 is 2.74 bits per heavy atom. The zero-order chi connectivity index (χ0) is 13.1. The highest BCUT2D eigenvalue weighted by Crippen LogP contribution is 2.17. The Morgan fingerprint density at radius 2 is 1.84 bits per heavy atom. The molecule has 0 amide bonds. The quantitative estimate of drug-likeness (QED) is 0.692. The number of hydrogen-bond donors (Lipinski definition) is 0. The first-order valence-electron chi connectivity index (χ1n) is 6.19. The molecule has 0 bridgehead atoms. The Kier molecular flexibility index (Phi) is 3.02. The fourth-order valence-electron chi connectivity index (χ4n) is 1.94. The first kappa shape index (κ1) is 11.5. The molecule has 92 valence electrons. The van der Waals surface area contributed by atoms with E-state index in [1.54, 1.807) is 0 Å². The molecule has 0 fully saturated rings. The topological polar surface area (TPSA) is 38.7 Å². The second-order valence-electron chi connectivity index (χ2n) is 4.20. The van der Waals surface area contributed by atoms with Crippen LogP contribution in [0, 0.1) is 0 Å².